The summed E-state index contributed by atoms with van der Waals surface area (Å²) in [6.07, 6.45) is 10.5. The standard InChI is InChI=1S/C16H18ClN5/c1-3-4-5-6-22-10-21-16-14(22)13(12(17)9-20-16)15-18-7-11(2)8-19-15/h7-10H,3-6H2,1-2H3. The van der Waals surface area contributed by atoms with Crippen LogP contribution < -0.4 is 0 Å². The summed E-state index contributed by atoms with van der Waals surface area (Å²) in [5, 5.41) is 0.550. The lowest BCUT2D eigenvalue weighted by Crippen LogP contribution is -2.00. The van der Waals surface area contributed by atoms with Gasteiger partial charge >= 0.3 is 0 Å². The van der Waals surface area contributed by atoms with E-state index in [1.165, 1.54) is 12.8 Å². The van der Waals surface area contributed by atoms with Crippen molar-refractivity contribution in [2.75, 3.05) is 0 Å². The van der Waals surface area contributed by atoms with Crippen LogP contribution in [0.4, 0.5) is 0 Å². The van der Waals surface area contributed by atoms with Crippen LogP contribution in [0.5, 0.6) is 0 Å². The number of hydrogen-bond donors (Lipinski definition) is 0. The molecule has 0 aliphatic heterocycles. The summed E-state index contributed by atoms with van der Waals surface area (Å²) in [5.41, 5.74) is 3.41. The maximum absolute atomic E-state index is 6.38. The molecule has 3 aromatic heterocycles. The van der Waals surface area contributed by atoms with Crippen LogP contribution in [0.3, 0.4) is 0 Å². The van der Waals surface area contributed by atoms with E-state index in [1.807, 2.05) is 13.3 Å². The zero-order valence-corrected chi connectivity index (χ0v) is 13.5. The molecule has 0 aromatic carbocycles. The fraction of sp³-hybridized carbons (Fsp3) is 0.375. The number of halogens is 1. The third kappa shape index (κ3) is 2.81. The molecule has 0 spiro atoms. The molecule has 0 bridgehead atoms. The molecule has 0 fully saturated rings. The van der Waals surface area contributed by atoms with E-state index >= 15 is 0 Å². The first-order chi connectivity index (χ1) is 10.7. The first kappa shape index (κ1) is 14.9. The van der Waals surface area contributed by atoms with Gasteiger partial charge < -0.3 is 4.57 Å². The number of nitrogens with zero attached hydrogens (tertiary/aromatic N) is 5. The maximum atomic E-state index is 6.38. The van der Waals surface area contributed by atoms with Crippen LogP contribution in [0.15, 0.2) is 24.9 Å². The normalized spacial score (nSPS) is 11.2. The summed E-state index contributed by atoms with van der Waals surface area (Å²) < 4.78 is 2.10. The van der Waals surface area contributed by atoms with Gasteiger partial charge in [0, 0.05) is 25.1 Å². The van der Waals surface area contributed by atoms with Gasteiger partial charge in [0.1, 0.15) is 0 Å². The minimum Gasteiger partial charge on any atom is -0.329 e. The largest absolute Gasteiger partial charge is 0.329 e. The Balaban J connectivity index is 2.12. The second-order valence-corrected chi connectivity index (χ2v) is 5.79. The molecule has 0 aliphatic rings. The van der Waals surface area contributed by atoms with Crippen LogP contribution in [0.2, 0.25) is 5.02 Å². The summed E-state index contributed by atoms with van der Waals surface area (Å²) >= 11 is 6.38. The van der Waals surface area contributed by atoms with E-state index in [9.17, 15) is 0 Å². The van der Waals surface area contributed by atoms with E-state index in [0.717, 1.165) is 29.6 Å². The molecule has 3 heterocycles. The molecule has 0 unspecified atom stereocenters. The third-order valence-corrected chi connectivity index (χ3v) is 3.89. The Bertz CT molecular complexity index is 779. The Hall–Kier alpha value is -2.01. The number of rotatable bonds is 5. The molecule has 0 radical (unpaired) electrons. The van der Waals surface area contributed by atoms with Crippen LogP contribution in [0.25, 0.3) is 22.6 Å². The minimum atomic E-state index is 0.550. The van der Waals surface area contributed by atoms with E-state index in [2.05, 4.69) is 31.4 Å². The number of hydrogen-bond acceptors (Lipinski definition) is 4. The zero-order chi connectivity index (χ0) is 15.5. The second kappa shape index (κ2) is 6.40. The highest BCUT2D eigenvalue weighted by molar-refractivity contribution is 6.34. The monoisotopic (exact) mass is 315 g/mol. The van der Waals surface area contributed by atoms with Crippen molar-refractivity contribution in [1.29, 1.82) is 0 Å². The van der Waals surface area contributed by atoms with Gasteiger partial charge in [-0.05, 0) is 18.9 Å². The highest BCUT2D eigenvalue weighted by Crippen LogP contribution is 2.31. The molecule has 114 valence electrons. The van der Waals surface area contributed by atoms with Gasteiger partial charge in [-0.15, -0.1) is 0 Å². The van der Waals surface area contributed by atoms with Gasteiger partial charge in [-0.2, -0.15) is 0 Å². The van der Waals surface area contributed by atoms with Gasteiger partial charge in [-0.25, -0.2) is 19.9 Å². The highest BCUT2D eigenvalue weighted by Gasteiger charge is 2.16. The van der Waals surface area contributed by atoms with Crippen LogP contribution in [0, 0.1) is 6.92 Å². The molecule has 6 heteroatoms. The lowest BCUT2D eigenvalue weighted by molar-refractivity contribution is 0.613. The Morgan fingerprint density at radius 2 is 1.82 bits per heavy atom. The lowest BCUT2D eigenvalue weighted by atomic mass is 10.2. The summed E-state index contributed by atoms with van der Waals surface area (Å²) in [4.78, 5) is 17.5. The molecule has 0 aliphatic carbocycles. The summed E-state index contributed by atoms with van der Waals surface area (Å²) in [7, 11) is 0. The van der Waals surface area contributed by atoms with Gasteiger partial charge in [0.05, 0.1) is 22.4 Å². The van der Waals surface area contributed by atoms with Crippen molar-refractivity contribution in [1.82, 2.24) is 24.5 Å². The Kier molecular flexibility index (Phi) is 4.34. The molecule has 3 rings (SSSR count). The molecule has 0 amide bonds. The van der Waals surface area contributed by atoms with Crippen molar-refractivity contribution >= 4 is 22.8 Å². The SMILES string of the molecule is CCCCCn1cnc2ncc(Cl)c(-c3ncc(C)cn3)c21. The van der Waals surface area contributed by atoms with Gasteiger partial charge in [-0.1, -0.05) is 31.4 Å². The summed E-state index contributed by atoms with van der Waals surface area (Å²) in [6, 6.07) is 0. The first-order valence-corrected chi connectivity index (χ1v) is 7.87. The summed E-state index contributed by atoms with van der Waals surface area (Å²) in [6.45, 7) is 5.05. The van der Waals surface area contributed by atoms with Crippen molar-refractivity contribution in [3.63, 3.8) is 0 Å². The van der Waals surface area contributed by atoms with E-state index in [4.69, 9.17) is 11.6 Å². The van der Waals surface area contributed by atoms with E-state index in [-0.39, 0.29) is 0 Å². The number of aromatic nitrogens is 5. The van der Waals surface area contributed by atoms with E-state index in [1.54, 1.807) is 18.6 Å². The van der Waals surface area contributed by atoms with Crippen molar-refractivity contribution in [2.24, 2.45) is 0 Å². The van der Waals surface area contributed by atoms with Gasteiger partial charge in [-0.3, -0.25) is 0 Å². The van der Waals surface area contributed by atoms with Crippen molar-refractivity contribution in [3.8, 4) is 11.4 Å². The number of imidazole rings is 1. The number of fused-ring (bicyclic) bond motifs is 1. The first-order valence-electron chi connectivity index (χ1n) is 7.49. The van der Waals surface area contributed by atoms with Gasteiger partial charge in [0.2, 0.25) is 0 Å². The average Bonchev–Trinajstić information content (AvgIpc) is 2.92. The minimum absolute atomic E-state index is 0.550. The maximum Gasteiger partial charge on any atom is 0.178 e. The number of aryl methyl sites for hydroxylation is 2. The Labute approximate surface area is 134 Å². The lowest BCUT2D eigenvalue weighted by Gasteiger charge is -2.09. The Morgan fingerprint density at radius 3 is 2.55 bits per heavy atom. The van der Waals surface area contributed by atoms with Gasteiger partial charge in [0.25, 0.3) is 0 Å². The molecular formula is C16H18ClN5. The Morgan fingerprint density at radius 1 is 1.05 bits per heavy atom. The van der Waals surface area contributed by atoms with Gasteiger partial charge in [0.15, 0.2) is 11.5 Å². The van der Waals surface area contributed by atoms with Crippen molar-refractivity contribution < 1.29 is 0 Å². The predicted octanol–water partition coefficient (Wildman–Crippen LogP) is 4.04. The molecule has 0 atom stereocenters. The fourth-order valence-electron chi connectivity index (χ4n) is 2.45. The number of unbranched alkanes of at least 4 members (excludes halogenated alkanes) is 2. The fourth-order valence-corrected chi connectivity index (χ4v) is 2.68. The number of pyridine rings is 1. The van der Waals surface area contributed by atoms with E-state index in [0.29, 0.717) is 16.5 Å². The summed E-state index contributed by atoms with van der Waals surface area (Å²) in [5.74, 6) is 0.611. The second-order valence-electron chi connectivity index (χ2n) is 5.38. The molecule has 5 nitrogen and oxygen atoms in total. The molecule has 0 saturated heterocycles. The molecule has 0 N–H and O–H groups in total. The molecule has 0 saturated carbocycles. The zero-order valence-electron chi connectivity index (χ0n) is 12.8. The van der Waals surface area contributed by atoms with Crippen molar-refractivity contribution in [3.05, 3.63) is 35.5 Å². The van der Waals surface area contributed by atoms with Crippen LogP contribution in [-0.4, -0.2) is 24.5 Å². The van der Waals surface area contributed by atoms with Crippen LogP contribution in [-0.2, 0) is 6.54 Å². The predicted molar refractivity (Wildman–Crippen MR) is 87.8 cm³/mol. The van der Waals surface area contributed by atoms with Crippen molar-refractivity contribution in [2.45, 2.75) is 39.7 Å². The van der Waals surface area contributed by atoms with Crippen LogP contribution in [0.1, 0.15) is 31.7 Å². The smallest absolute Gasteiger partial charge is 0.178 e. The van der Waals surface area contributed by atoms with Crippen LogP contribution >= 0.6 is 11.6 Å². The topological polar surface area (TPSA) is 56.5 Å². The van der Waals surface area contributed by atoms with E-state index < -0.39 is 0 Å². The molecular weight excluding hydrogens is 298 g/mol. The quantitative estimate of drug-likeness (QED) is 0.667. The highest BCUT2D eigenvalue weighted by atomic mass is 35.5. The average molecular weight is 316 g/mol. The molecule has 22 heavy (non-hydrogen) atoms. The third-order valence-electron chi connectivity index (χ3n) is 3.60. The molecule has 3 aromatic rings.